The van der Waals surface area contributed by atoms with Gasteiger partial charge in [-0.25, -0.2) is 9.18 Å². The van der Waals surface area contributed by atoms with Crippen molar-refractivity contribution in [1.29, 1.82) is 0 Å². The average Bonchev–Trinajstić information content (AvgIpc) is 2.68. The number of para-hydroxylation sites is 1. The lowest BCUT2D eigenvalue weighted by Gasteiger charge is -2.39. The van der Waals surface area contributed by atoms with E-state index in [-0.39, 0.29) is 36.5 Å². The zero-order chi connectivity index (χ0) is 20.3. The highest BCUT2D eigenvalue weighted by Gasteiger charge is 2.36. The number of likely N-dealkylation sites (tertiary alicyclic amines) is 2. The molecule has 3 amide bonds. The summed E-state index contributed by atoms with van der Waals surface area (Å²) < 4.78 is 13.8. The summed E-state index contributed by atoms with van der Waals surface area (Å²) >= 11 is 0. The number of hydrogen-bond donors (Lipinski definition) is 2. The van der Waals surface area contributed by atoms with E-state index in [4.69, 9.17) is 0 Å². The number of nitrogens with zero attached hydrogens (tertiary/aromatic N) is 2. The molecule has 2 aliphatic rings. The van der Waals surface area contributed by atoms with Crippen molar-refractivity contribution in [3.8, 4) is 0 Å². The molecule has 3 rings (SSSR count). The molecule has 0 aromatic heterocycles. The van der Waals surface area contributed by atoms with Gasteiger partial charge in [0.1, 0.15) is 5.82 Å². The zero-order valence-corrected chi connectivity index (χ0v) is 15.9. The molecule has 2 saturated heterocycles. The van der Waals surface area contributed by atoms with E-state index in [1.165, 1.54) is 17.0 Å². The van der Waals surface area contributed by atoms with Gasteiger partial charge in [0.15, 0.2) is 0 Å². The van der Waals surface area contributed by atoms with Gasteiger partial charge < -0.3 is 20.2 Å². The SMILES string of the molecule is CC1CC(C(=O)O)CN(C(=O)C2CCCN(C(=O)Nc3ccccc3F)C2)C1. The Balaban J connectivity index is 1.62. The molecular formula is C20H26FN3O4. The maximum Gasteiger partial charge on any atom is 0.321 e. The third-order valence-corrected chi connectivity index (χ3v) is 5.49. The molecule has 2 heterocycles. The highest BCUT2D eigenvalue weighted by atomic mass is 19.1. The maximum absolute atomic E-state index is 13.8. The van der Waals surface area contributed by atoms with Gasteiger partial charge in [0.05, 0.1) is 17.5 Å². The number of benzene rings is 1. The van der Waals surface area contributed by atoms with Gasteiger partial charge in [-0.2, -0.15) is 0 Å². The Morgan fingerprint density at radius 3 is 2.54 bits per heavy atom. The fraction of sp³-hybridized carbons (Fsp3) is 0.550. The largest absolute Gasteiger partial charge is 0.481 e. The van der Waals surface area contributed by atoms with Crippen molar-refractivity contribution < 1.29 is 23.9 Å². The van der Waals surface area contributed by atoms with Crippen molar-refractivity contribution in [2.24, 2.45) is 17.8 Å². The van der Waals surface area contributed by atoms with Crippen molar-refractivity contribution in [2.75, 3.05) is 31.5 Å². The number of aliphatic carboxylic acids is 1. The number of nitrogens with one attached hydrogen (secondary N) is 1. The van der Waals surface area contributed by atoms with Gasteiger partial charge >= 0.3 is 12.0 Å². The van der Waals surface area contributed by atoms with Crippen molar-refractivity contribution in [2.45, 2.75) is 26.2 Å². The van der Waals surface area contributed by atoms with Crippen LogP contribution in [-0.4, -0.2) is 59.0 Å². The molecule has 1 aromatic carbocycles. The summed E-state index contributed by atoms with van der Waals surface area (Å²) in [5.41, 5.74) is 0.107. The molecule has 2 fully saturated rings. The lowest BCUT2D eigenvalue weighted by molar-refractivity contribution is -0.148. The Bertz CT molecular complexity index is 757. The highest BCUT2D eigenvalue weighted by molar-refractivity contribution is 5.90. The molecule has 0 bridgehead atoms. The fourth-order valence-electron chi connectivity index (χ4n) is 4.09. The number of halogens is 1. The van der Waals surface area contributed by atoms with Gasteiger partial charge in [0.2, 0.25) is 5.91 Å². The quantitative estimate of drug-likeness (QED) is 0.829. The molecule has 0 saturated carbocycles. The molecule has 152 valence electrons. The van der Waals surface area contributed by atoms with Crippen LogP contribution in [0, 0.1) is 23.6 Å². The number of hydrogen-bond acceptors (Lipinski definition) is 3. The summed E-state index contributed by atoms with van der Waals surface area (Å²) in [6.07, 6.45) is 1.90. The summed E-state index contributed by atoms with van der Waals surface area (Å²) in [4.78, 5) is 40.0. The smallest absolute Gasteiger partial charge is 0.321 e. The predicted octanol–water partition coefficient (Wildman–Crippen LogP) is 2.64. The monoisotopic (exact) mass is 391 g/mol. The van der Waals surface area contributed by atoms with Crippen LogP contribution in [0.5, 0.6) is 0 Å². The number of urea groups is 1. The van der Waals surface area contributed by atoms with Crippen molar-refractivity contribution in [1.82, 2.24) is 9.80 Å². The second-order valence-corrected chi connectivity index (χ2v) is 7.81. The van der Waals surface area contributed by atoms with E-state index < -0.39 is 23.7 Å². The van der Waals surface area contributed by atoms with E-state index in [1.807, 2.05) is 6.92 Å². The number of carboxylic acids is 1. The Kier molecular flexibility index (Phi) is 6.16. The van der Waals surface area contributed by atoms with E-state index in [9.17, 15) is 23.9 Å². The summed E-state index contributed by atoms with van der Waals surface area (Å²) in [6.45, 7) is 3.46. The number of piperidine rings is 2. The van der Waals surface area contributed by atoms with Crippen LogP contribution in [-0.2, 0) is 9.59 Å². The number of anilines is 1. The van der Waals surface area contributed by atoms with Crippen molar-refractivity contribution >= 4 is 23.6 Å². The average molecular weight is 391 g/mol. The summed E-state index contributed by atoms with van der Waals surface area (Å²) in [7, 11) is 0. The third kappa shape index (κ3) is 4.61. The first-order valence-electron chi connectivity index (χ1n) is 9.67. The minimum Gasteiger partial charge on any atom is -0.481 e. The standard InChI is InChI=1S/C20H26FN3O4/c1-13-9-15(19(26)27)12-24(10-13)18(25)14-5-4-8-23(11-14)20(28)22-17-7-3-2-6-16(17)21/h2-3,6-7,13-15H,4-5,8-12H2,1H3,(H,22,28)(H,26,27). The number of amides is 3. The highest BCUT2D eigenvalue weighted by Crippen LogP contribution is 2.26. The molecule has 2 aliphatic heterocycles. The van der Waals surface area contributed by atoms with Gasteiger partial charge in [-0.3, -0.25) is 9.59 Å². The van der Waals surface area contributed by atoms with Crippen LogP contribution < -0.4 is 5.32 Å². The fourth-order valence-corrected chi connectivity index (χ4v) is 4.09. The minimum absolute atomic E-state index is 0.0961. The zero-order valence-electron chi connectivity index (χ0n) is 15.9. The predicted molar refractivity (Wildman–Crippen MR) is 101 cm³/mol. The normalized spacial score (nSPS) is 25.3. The second kappa shape index (κ2) is 8.58. The Hall–Kier alpha value is -2.64. The molecule has 1 aromatic rings. The van der Waals surface area contributed by atoms with Crippen LogP contribution in [0.2, 0.25) is 0 Å². The van der Waals surface area contributed by atoms with Gasteiger partial charge in [0, 0.05) is 26.2 Å². The van der Waals surface area contributed by atoms with E-state index in [0.717, 1.165) is 0 Å². The Labute approximate surface area is 163 Å². The third-order valence-electron chi connectivity index (χ3n) is 5.49. The van der Waals surface area contributed by atoms with Crippen molar-refractivity contribution in [3.05, 3.63) is 30.1 Å². The van der Waals surface area contributed by atoms with E-state index in [2.05, 4.69) is 5.32 Å². The van der Waals surface area contributed by atoms with Crippen LogP contribution >= 0.6 is 0 Å². The first kappa shape index (κ1) is 20.1. The summed E-state index contributed by atoms with van der Waals surface area (Å²) in [6, 6.07) is 5.51. The van der Waals surface area contributed by atoms with Gasteiger partial charge in [-0.05, 0) is 37.3 Å². The topological polar surface area (TPSA) is 90.0 Å². The van der Waals surface area contributed by atoms with Gasteiger partial charge in [0.25, 0.3) is 0 Å². The molecule has 0 aliphatic carbocycles. The second-order valence-electron chi connectivity index (χ2n) is 7.81. The maximum atomic E-state index is 13.8. The van der Waals surface area contributed by atoms with E-state index >= 15 is 0 Å². The first-order chi connectivity index (χ1) is 13.3. The number of carbonyl (C=O) groups is 3. The lowest BCUT2D eigenvalue weighted by Crippen LogP contribution is -2.52. The van der Waals surface area contributed by atoms with Crippen LogP contribution in [0.3, 0.4) is 0 Å². The summed E-state index contributed by atoms with van der Waals surface area (Å²) in [5, 5.41) is 11.9. The molecule has 3 unspecified atom stereocenters. The molecule has 0 radical (unpaired) electrons. The Morgan fingerprint density at radius 1 is 1.11 bits per heavy atom. The molecule has 8 heteroatoms. The van der Waals surface area contributed by atoms with Crippen LogP contribution in [0.4, 0.5) is 14.9 Å². The number of carboxylic acid groups (broad SMARTS) is 1. The van der Waals surface area contributed by atoms with E-state index in [1.54, 1.807) is 17.0 Å². The van der Waals surface area contributed by atoms with Crippen LogP contribution in [0.25, 0.3) is 0 Å². The van der Waals surface area contributed by atoms with Crippen molar-refractivity contribution in [3.63, 3.8) is 0 Å². The minimum atomic E-state index is -0.876. The molecule has 3 atom stereocenters. The molecular weight excluding hydrogens is 365 g/mol. The van der Waals surface area contributed by atoms with Gasteiger partial charge in [-0.1, -0.05) is 19.1 Å². The number of carbonyl (C=O) groups excluding carboxylic acids is 2. The molecule has 0 spiro atoms. The molecule has 7 nitrogen and oxygen atoms in total. The molecule has 2 N–H and O–H groups in total. The van der Waals surface area contributed by atoms with Crippen LogP contribution in [0.1, 0.15) is 26.2 Å². The summed E-state index contributed by atoms with van der Waals surface area (Å²) in [5.74, 6) is -2.26. The Morgan fingerprint density at radius 2 is 1.82 bits per heavy atom. The van der Waals surface area contributed by atoms with Gasteiger partial charge in [-0.15, -0.1) is 0 Å². The molecule has 28 heavy (non-hydrogen) atoms. The number of rotatable bonds is 3. The first-order valence-corrected chi connectivity index (χ1v) is 9.67. The van der Waals surface area contributed by atoms with E-state index in [0.29, 0.717) is 32.4 Å². The van der Waals surface area contributed by atoms with Crippen LogP contribution in [0.15, 0.2) is 24.3 Å². The lowest BCUT2D eigenvalue weighted by atomic mass is 9.88.